The average molecular weight is 1120 g/mol. The molecule has 20 heteroatoms. The molecule has 10 aromatic rings. The number of imidazole rings is 3. The van der Waals surface area contributed by atoms with E-state index in [0.717, 1.165) is 51.0 Å². The number of fused-ring (bicyclic) bond motifs is 2. The van der Waals surface area contributed by atoms with Gasteiger partial charge in [0.25, 0.3) is 10.1 Å². The van der Waals surface area contributed by atoms with Crippen molar-refractivity contribution < 1.29 is 22.4 Å². The topological polar surface area (TPSA) is 150 Å². The Morgan fingerprint density at radius 3 is 1.78 bits per heavy atom. The number of ether oxygens (including phenoxy) is 2. The van der Waals surface area contributed by atoms with Crippen LogP contribution in [-0.4, -0.2) is 74.2 Å². The van der Waals surface area contributed by atoms with Crippen LogP contribution >= 0.6 is 69.6 Å². The lowest BCUT2D eigenvalue weighted by Gasteiger charge is -2.15. The number of benzene rings is 5. The van der Waals surface area contributed by atoms with Gasteiger partial charge in [0.2, 0.25) is 0 Å². The minimum Gasteiger partial charge on any atom is -0.354 e. The molecule has 13 nitrogen and oxygen atoms in total. The predicted octanol–water partition coefficient (Wildman–Crippen LogP) is 14.5. The molecule has 0 aliphatic carbocycles. The minimum absolute atomic E-state index is 0.0666. The summed E-state index contributed by atoms with van der Waals surface area (Å²) in [5.41, 5.74) is 8.57. The molecule has 5 aromatic heterocycles. The maximum absolute atomic E-state index is 10.5. The summed E-state index contributed by atoms with van der Waals surface area (Å²) in [5, 5.41) is 6.96. The number of halogens is 6. The van der Waals surface area contributed by atoms with Crippen LogP contribution in [0.2, 0.25) is 30.1 Å². The van der Waals surface area contributed by atoms with Gasteiger partial charge in [-0.15, -0.1) is 0 Å². The van der Waals surface area contributed by atoms with E-state index in [4.69, 9.17) is 98.6 Å². The lowest BCUT2D eigenvalue weighted by Crippen LogP contribution is -2.22. The first-order chi connectivity index (χ1) is 35.1. The molecule has 0 radical (unpaired) electrons. The van der Waals surface area contributed by atoms with Crippen molar-refractivity contribution in [1.82, 2.24) is 28.3 Å². The maximum Gasteiger partial charge on any atom is 0.294 e. The molecule has 0 saturated heterocycles. The second-order valence-corrected chi connectivity index (χ2v) is 19.8. The Labute approximate surface area is 450 Å². The molecule has 0 bridgehead atoms. The molecule has 0 amide bonds. The Hall–Kier alpha value is -6.27. The van der Waals surface area contributed by atoms with E-state index in [1.54, 1.807) is 75.0 Å². The van der Waals surface area contributed by atoms with Crippen LogP contribution in [0, 0.1) is 6.92 Å². The van der Waals surface area contributed by atoms with E-state index >= 15 is 0 Å². The maximum atomic E-state index is 10.5. The molecule has 372 valence electrons. The van der Waals surface area contributed by atoms with Crippen molar-refractivity contribution in [2.75, 3.05) is 26.1 Å². The zero-order chi connectivity index (χ0) is 51.8. The summed E-state index contributed by atoms with van der Waals surface area (Å²) in [7, 11) is -0.878. The normalized spacial score (nSPS) is 11.6. The van der Waals surface area contributed by atoms with E-state index in [1.807, 2.05) is 118 Å². The zero-order valence-electron chi connectivity index (χ0n) is 38.8. The van der Waals surface area contributed by atoms with E-state index in [9.17, 15) is 8.42 Å². The Bertz CT molecular complexity index is 3680. The summed E-state index contributed by atoms with van der Waals surface area (Å²) >= 11 is 37.8. The van der Waals surface area contributed by atoms with E-state index in [2.05, 4.69) is 10.3 Å². The van der Waals surface area contributed by atoms with Gasteiger partial charge in [-0.05, 0) is 128 Å². The van der Waals surface area contributed by atoms with Crippen LogP contribution in [0.3, 0.4) is 0 Å². The summed E-state index contributed by atoms with van der Waals surface area (Å²) in [6.07, 6.45) is 7.04. The Balaban J connectivity index is 0.000000162. The molecule has 5 aromatic carbocycles. The van der Waals surface area contributed by atoms with Crippen LogP contribution in [0.15, 0.2) is 180 Å². The lowest BCUT2D eigenvalue weighted by molar-refractivity contribution is -0.0936. The molecule has 0 aliphatic rings. The summed E-state index contributed by atoms with van der Waals surface area (Å²) in [4.78, 5) is 19.1. The third-order valence-corrected chi connectivity index (χ3v) is 13.5. The molecule has 0 saturated carbocycles. The highest BCUT2D eigenvalue weighted by Gasteiger charge is 2.24. The van der Waals surface area contributed by atoms with E-state index in [1.165, 1.54) is 12.1 Å². The van der Waals surface area contributed by atoms with Crippen LogP contribution in [0.1, 0.15) is 11.3 Å². The van der Waals surface area contributed by atoms with Crippen molar-refractivity contribution in [3.05, 3.63) is 212 Å². The van der Waals surface area contributed by atoms with Gasteiger partial charge in [0.05, 0.1) is 21.5 Å². The molecule has 2 N–H and O–H groups in total. The fourth-order valence-corrected chi connectivity index (χ4v) is 8.91. The standard InChI is InChI=1S/C24H21Cl3N4O2.C22H13Cl3N4.C7H8O3S/c1-32-21(33-2)14-28-24(29-17-9-6-15(25)7-10-17)23-22(18-13-16(26)8-11-19(18)27)30-20-5-3-4-12-31(20)23;23-14-4-7-16(8-5-14)28-12-10-26-22(28)21-20(17-13-15(24)6-9-18(17)25)27-19-3-1-2-11-29(19)21;1-6-2-4-7(5-3-6)11(8,9)10/h3-13,21H,14H2,1-2H3,(H,28,29);1-13H;2-5H,1H3,(H,8,9,10). The molecule has 0 atom stereocenters. The number of rotatable bonds is 11. The number of pyridine rings is 2. The number of nitrogens with zero attached hydrogens (tertiary/aromatic N) is 7. The van der Waals surface area contributed by atoms with Gasteiger partial charge in [0, 0.05) is 81.6 Å². The van der Waals surface area contributed by atoms with E-state index < -0.39 is 16.4 Å². The fraction of sp³-hybridized carbons (Fsp3) is 0.0943. The van der Waals surface area contributed by atoms with Gasteiger partial charge >= 0.3 is 0 Å². The Kier molecular flexibility index (Phi) is 17.2. The number of hydrogen-bond donors (Lipinski definition) is 2. The molecule has 0 unspecified atom stereocenters. The van der Waals surface area contributed by atoms with Crippen LogP contribution in [0.5, 0.6) is 0 Å². The number of nitrogens with one attached hydrogen (secondary N) is 1. The van der Waals surface area contributed by atoms with Crippen LogP contribution in [0.4, 0.5) is 5.69 Å². The van der Waals surface area contributed by atoms with Gasteiger partial charge in [-0.3, -0.25) is 22.9 Å². The Morgan fingerprint density at radius 2 is 1.19 bits per heavy atom. The van der Waals surface area contributed by atoms with Gasteiger partial charge in [-0.25, -0.2) is 15.0 Å². The van der Waals surface area contributed by atoms with Crippen molar-refractivity contribution in [3.8, 4) is 39.7 Å². The summed E-state index contributed by atoms with van der Waals surface area (Å²) in [6.45, 7) is 2.10. The molecule has 5 heterocycles. The van der Waals surface area contributed by atoms with Gasteiger partial charge < -0.3 is 14.8 Å². The summed E-state index contributed by atoms with van der Waals surface area (Å²) in [5.74, 6) is 1.29. The number of hydrogen-bond acceptors (Lipinski definition) is 8. The monoisotopic (exact) mass is 1110 g/mol. The fourth-order valence-electron chi connectivity index (χ4n) is 7.42. The predicted molar refractivity (Wildman–Crippen MR) is 294 cm³/mol. The SMILES string of the molecule is COC(CN=C(Nc1ccc(Cl)cc1)c1c(-c2cc(Cl)ccc2Cl)nc2ccccn12)OC.Cc1ccc(S(=O)(=O)O)cc1.Clc1ccc(-n2ccnc2-c2c(-c3cc(Cl)ccc3Cl)nc3ccccn23)cc1. The molecular formula is C53H42Cl6N8O5S. The van der Waals surface area contributed by atoms with Gasteiger partial charge in [-0.2, -0.15) is 8.42 Å². The number of amidine groups is 1. The van der Waals surface area contributed by atoms with Gasteiger partial charge in [0.1, 0.15) is 34.1 Å². The summed E-state index contributed by atoms with van der Waals surface area (Å²) in [6, 6.07) is 43.2. The molecule has 10 rings (SSSR count). The van der Waals surface area contributed by atoms with E-state index in [0.29, 0.717) is 52.9 Å². The number of anilines is 1. The number of aryl methyl sites for hydroxylation is 1. The van der Waals surface area contributed by atoms with Crippen LogP contribution in [0.25, 0.3) is 51.0 Å². The van der Waals surface area contributed by atoms with Crippen LogP contribution < -0.4 is 5.32 Å². The van der Waals surface area contributed by atoms with Crippen molar-refractivity contribution in [2.45, 2.75) is 18.1 Å². The molecule has 0 fully saturated rings. The zero-order valence-corrected chi connectivity index (χ0v) is 44.2. The number of methoxy groups -OCH3 is 2. The quantitative estimate of drug-likeness (QED) is 0.0558. The third kappa shape index (κ3) is 12.7. The van der Waals surface area contributed by atoms with Gasteiger partial charge in [-0.1, -0.05) is 99.4 Å². The first-order valence-electron chi connectivity index (χ1n) is 21.9. The smallest absolute Gasteiger partial charge is 0.294 e. The molecular weight excluding hydrogens is 1070 g/mol. The van der Waals surface area contributed by atoms with Crippen molar-refractivity contribution in [2.24, 2.45) is 4.99 Å². The van der Waals surface area contributed by atoms with Crippen LogP contribution in [-0.2, 0) is 19.6 Å². The molecule has 73 heavy (non-hydrogen) atoms. The molecule has 0 spiro atoms. The first kappa shape index (κ1) is 53.0. The van der Waals surface area contributed by atoms with Crippen molar-refractivity contribution >= 4 is 103 Å². The van der Waals surface area contributed by atoms with Crippen molar-refractivity contribution in [1.29, 1.82) is 0 Å². The number of aromatic nitrogens is 6. The highest BCUT2D eigenvalue weighted by molar-refractivity contribution is 7.85. The highest BCUT2D eigenvalue weighted by Crippen LogP contribution is 2.38. The first-order valence-corrected chi connectivity index (χ1v) is 25.6. The average Bonchev–Trinajstić information content (AvgIpc) is 4.12. The summed E-state index contributed by atoms with van der Waals surface area (Å²) < 4.78 is 46.2. The third-order valence-electron chi connectivity index (χ3n) is 11.0. The molecule has 0 aliphatic heterocycles. The Morgan fingerprint density at radius 1 is 0.658 bits per heavy atom. The second-order valence-electron chi connectivity index (χ2n) is 15.8. The van der Waals surface area contributed by atoms with Crippen molar-refractivity contribution in [3.63, 3.8) is 0 Å². The minimum atomic E-state index is -4.02. The highest BCUT2D eigenvalue weighted by atomic mass is 35.5. The second kappa shape index (κ2) is 23.7. The lowest BCUT2D eigenvalue weighted by atomic mass is 10.1. The number of aliphatic imine (C=N–C) groups is 1. The van der Waals surface area contributed by atoms with Gasteiger partial charge in [0.15, 0.2) is 18.0 Å². The largest absolute Gasteiger partial charge is 0.354 e. The van der Waals surface area contributed by atoms with E-state index in [-0.39, 0.29) is 11.4 Å².